The molecule has 0 saturated carbocycles. The lowest BCUT2D eigenvalue weighted by Gasteiger charge is -1.94. The van der Waals surface area contributed by atoms with Crippen molar-refractivity contribution in [3.63, 3.8) is 0 Å². The Bertz CT molecular complexity index is 187. The van der Waals surface area contributed by atoms with Gasteiger partial charge >= 0.3 is 0 Å². The minimum atomic E-state index is 0. The normalized spacial score (nSPS) is 9.00. The van der Waals surface area contributed by atoms with Gasteiger partial charge in [0.15, 0.2) is 0 Å². The molecule has 0 fully saturated rings. The first-order valence-electron chi connectivity index (χ1n) is 2.43. The molecule has 2 nitrogen and oxygen atoms in total. The van der Waals surface area contributed by atoms with Crippen molar-refractivity contribution in [3.05, 3.63) is 24.3 Å². The van der Waals surface area contributed by atoms with Gasteiger partial charge in [0.2, 0.25) is 0 Å². The molecule has 1 rings (SSSR count). The molecule has 0 atom stereocenters. The molecule has 0 radical (unpaired) electrons. The van der Waals surface area contributed by atoms with Crippen molar-refractivity contribution in [1.29, 1.82) is 0 Å². The van der Waals surface area contributed by atoms with E-state index in [2.05, 4.69) is 17.1 Å². The Morgan fingerprint density at radius 2 is 1.89 bits per heavy atom. The third-order valence-electron chi connectivity index (χ3n) is 0.942. The molecule has 50 valence electrons. The van der Waals surface area contributed by atoms with Crippen LogP contribution in [0.25, 0.3) is 0 Å². The predicted octanol–water partition coefficient (Wildman–Crippen LogP) is 1.86. The molecule has 1 N–H and O–H groups in total. The zero-order valence-corrected chi connectivity index (χ0v) is 5.51. The van der Waals surface area contributed by atoms with Crippen molar-refractivity contribution in [2.45, 2.75) is 0 Å². The van der Waals surface area contributed by atoms with E-state index in [0.717, 1.165) is 0 Å². The van der Waals surface area contributed by atoms with Gasteiger partial charge in [0.05, 0.1) is 0 Å². The molecule has 0 heterocycles. The lowest BCUT2D eigenvalue weighted by atomic mass is 10.3. The summed E-state index contributed by atoms with van der Waals surface area (Å²) < 4.78 is 4.55. The highest BCUT2D eigenvalue weighted by Crippen LogP contribution is 2.16. The maximum atomic E-state index is 8.77. The molecule has 0 aliphatic rings. The third-order valence-corrected chi connectivity index (χ3v) is 1.15. The van der Waals surface area contributed by atoms with Crippen LogP contribution in [0.2, 0.25) is 0 Å². The second kappa shape index (κ2) is 2.64. The number of thiol groups is 1. The zero-order valence-electron chi connectivity index (χ0n) is 4.61. The molecular weight excluding hydrogens is 136 g/mol. The van der Waals surface area contributed by atoms with Crippen LogP contribution in [0, 0.1) is 0 Å². The number of hydrogen-bond acceptors (Lipinski definition) is 3. The van der Waals surface area contributed by atoms with E-state index in [-0.39, 0.29) is 7.18 Å². The number of phenolic OH excluding ortho intramolecular Hbond substituents is 1. The van der Waals surface area contributed by atoms with Gasteiger partial charge in [0.25, 0.3) is 0 Å². The van der Waals surface area contributed by atoms with E-state index in [1.807, 2.05) is 0 Å². The highest BCUT2D eigenvalue weighted by molar-refractivity contribution is 7.75. The van der Waals surface area contributed by atoms with Gasteiger partial charge in [-0.15, -0.1) is 0 Å². The SMILES string of the molecule is Oc1ccc(OS)cc1.[HH]. The highest BCUT2D eigenvalue weighted by Gasteiger charge is 1.88. The summed E-state index contributed by atoms with van der Waals surface area (Å²) in [5.41, 5.74) is 0. The van der Waals surface area contributed by atoms with E-state index in [1.165, 1.54) is 12.1 Å². The number of aromatic hydroxyl groups is 1. The van der Waals surface area contributed by atoms with Crippen LogP contribution >= 0.6 is 12.9 Å². The molecule has 0 unspecified atom stereocenters. The van der Waals surface area contributed by atoms with Crippen LogP contribution in [0.4, 0.5) is 0 Å². The van der Waals surface area contributed by atoms with E-state index in [4.69, 9.17) is 5.11 Å². The molecule has 1 aromatic carbocycles. The first-order valence-corrected chi connectivity index (χ1v) is 2.80. The summed E-state index contributed by atoms with van der Waals surface area (Å²) in [5.74, 6) is 0.847. The summed E-state index contributed by atoms with van der Waals surface area (Å²) >= 11 is 3.56. The molecule has 0 spiro atoms. The smallest absolute Gasteiger partial charge is 0.137 e. The van der Waals surface area contributed by atoms with Crippen LogP contribution in [0.3, 0.4) is 0 Å². The van der Waals surface area contributed by atoms with Crippen LogP contribution in [0.1, 0.15) is 1.43 Å². The topological polar surface area (TPSA) is 29.5 Å². The molecule has 1 aromatic rings. The first kappa shape index (κ1) is 6.29. The maximum Gasteiger partial charge on any atom is 0.137 e. The van der Waals surface area contributed by atoms with Gasteiger partial charge in [-0.2, -0.15) is 0 Å². The van der Waals surface area contributed by atoms with Crippen LogP contribution in [0.5, 0.6) is 11.5 Å². The molecule has 0 aromatic heterocycles. The number of benzene rings is 1. The predicted molar refractivity (Wildman–Crippen MR) is 39.8 cm³/mol. The average Bonchev–Trinajstić information content (AvgIpc) is 1.90. The molecule has 3 heteroatoms. The molecular formula is C6H8O2S. The highest BCUT2D eigenvalue weighted by atomic mass is 32.1. The summed E-state index contributed by atoms with van der Waals surface area (Å²) in [5, 5.41) is 8.77. The summed E-state index contributed by atoms with van der Waals surface area (Å²) in [6, 6.07) is 6.32. The monoisotopic (exact) mass is 144 g/mol. The van der Waals surface area contributed by atoms with Crippen molar-refractivity contribution in [1.82, 2.24) is 0 Å². The van der Waals surface area contributed by atoms with Gasteiger partial charge in [-0.25, -0.2) is 0 Å². The number of rotatable bonds is 1. The minimum Gasteiger partial charge on any atom is -0.508 e. The van der Waals surface area contributed by atoms with Crippen molar-refractivity contribution >= 4 is 12.9 Å². The quantitative estimate of drug-likeness (QED) is 0.465. The summed E-state index contributed by atoms with van der Waals surface area (Å²) in [7, 11) is 0. The van der Waals surface area contributed by atoms with Crippen molar-refractivity contribution in [3.8, 4) is 11.5 Å². The lowest BCUT2D eigenvalue weighted by Crippen LogP contribution is -1.71. The average molecular weight is 144 g/mol. The molecule has 0 aliphatic heterocycles. The summed E-state index contributed by atoms with van der Waals surface area (Å²) in [4.78, 5) is 0. The standard InChI is InChI=1S/C6H6O2S.H2/c7-5-1-3-6(8-9)4-2-5;/h1-4,7,9H;1H. The van der Waals surface area contributed by atoms with E-state index in [1.54, 1.807) is 12.1 Å². The molecule has 0 aliphatic carbocycles. The Kier molecular flexibility index (Phi) is 1.85. The molecule has 0 saturated heterocycles. The largest absolute Gasteiger partial charge is 0.508 e. The van der Waals surface area contributed by atoms with Gasteiger partial charge in [0.1, 0.15) is 11.5 Å². The van der Waals surface area contributed by atoms with Crippen LogP contribution in [0.15, 0.2) is 24.3 Å². The molecule has 0 bridgehead atoms. The maximum absolute atomic E-state index is 8.77. The Balaban J connectivity index is 0.000000810. The minimum absolute atomic E-state index is 0. The lowest BCUT2D eigenvalue weighted by molar-refractivity contribution is 0.474. The fourth-order valence-corrected chi connectivity index (χ4v) is 0.629. The van der Waals surface area contributed by atoms with Gasteiger partial charge in [-0.3, -0.25) is 0 Å². The van der Waals surface area contributed by atoms with Gasteiger partial charge < -0.3 is 9.29 Å². The second-order valence-corrected chi connectivity index (χ2v) is 1.77. The fourth-order valence-electron chi connectivity index (χ4n) is 0.507. The Morgan fingerprint density at radius 1 is 1.33 bits per heavy atom. The van der Waals surface area contributed by atoms with Crippen molar-refractivity contribution in [2.75, 3.05) is 0 Å². The Labute approximate surface area is 60.2 Å². The molecule has 9 heavy (non-hydrogen) atoms. The van der Waals surface area contributed by atoms with Crippen molar-refractivity contribution in [2.24, 2.45) is 0 Å². The second-order valence-electron chi connectivity index (χ2n) is 1.59. The van der Waals surface area contributed by atoms with Crippen LogP contribution < -0.4 is 4.18 Å². The van der Waals surface area contributed by atoms with Gasteiger partial charge in [0, 0.05) is 14.3 Å². The Morgan fingerprint density at radius 3 is 2.33 bits per heavy atom. The number of hydrogen-bond donors (Lipinski definition) is 2. The Hall–Kier alpha value is -0.830. The van der Waals surface area contributed by atoms with Gasteiger partial charge in [-0.05, 0) is 24.3 Å². The van der Waals surface area contributed by atoms with Gasteiger partial charge in [-0.1, -0.05) is 0 Å². The van der Waals surface area contributed by atoms with E-state index in [9.17, 15) is 0 Å². The van der Waals surface area contributed by atoms with E-state index >= 15 is 0 Å². The fraction of sp³-hybridized carbons (Fsp3) is 0. The zero-order chi connectivity index (χ0) is 6.69. The summed E-state index contributed by atoms with van der Waals surface area (Å²) in [6.07, 6.45) is 0. The molecule has 0 amide bonds. The van der Waals surface area contributed by atoms with Crippen molar-refractivity contribution < 1.29 is 10.7 Å². The number of phenols is 1. The van der Waals surface area contributed by atoms with E-state index < -0.39 is 0 Å². The first-order chi connectivity index (χ1) is 4.33. The third kappa shape index (κ3) is 1.54. The van der Waals surface area contributed by atoms with Crippen LogP contribution in [-0.2, 0) is 0 Å². The van der Waals surface area contributed by atoms with E-state index in [0.29, 0.717) is 5.75 Å². The summed E-state index contributed by atoms with van der Waals surface area (Å²) in [6.45, 7) is 0. The van der Waals surface area contributed by atoms with Crippen LogP contribution in [-0.4, -0.2) is 5.11 Å².